The molecular weight excluding hydrogens is 272 g/mol. The number of thiol groups is 1. The van der Waals surface area contributed by atoms with E-state index in [0.717, 1.165) is 0 Å². The molecule has 110 valence electrons. The van der Waals surface area contributed by atoms with E-state index in [1.165, 1.54) is 20.8 Å². The van der Waals surface area contributed by atoms with Crippen molar-refractivity contribution >= 4 is 30.5 Å². The molecule has 0 rings (SSSR count). The SMILES string of the molecule is CC(=O)OCC(CCCC(S)OC(C)=O)OC(C)=O. The summed E-state index contributed by atoms with van der Waals surface area (Å²) in [5, 5.41) is 0. The first-order valence-corrected chi connectivity index (χ1v) is 6.48. The summed E-state index contributed by atoms with van der Waals surface area (Å²) in [6.07, 6.45) is 1.17. The highest BCUT2D eigenvalue weighted by Crippen LogP contribution is 2.12. The van der Waals surface area contributed by atoms with Gasteiger partial charge in [-0.3, -0.25) is 14.4 Å². The van der Waals surface area contributed by atoms with Crippen LogP contribution in [0, 0.1) is 0 Å². The van der Waals surface area contributed by atoms with Crippen molar-refractivity contribution in [2.75, 3.05) is 6.61 Å². The predicted molar refractivity (Wildman–Crippen MR) is 70.6 cm³/mol. The average Bonchev–Trinajstić information content (AvgIpc) is 2.23. The zero-order valence-electron chi connectivity index (χ0n) is 11.4. The second kappa shape index (κ2) is 9.66. The highest BCUT2D eigenvalue weighted by molar-refractivity contribution is 7.80. The van der Waals surface area contributed by atoms with E-state index in [1.54, 1.807) is 0 Å². The van der Waals surface area contributed by atoms with Crippen molar-refractivity contribution in [3.8, 4) is 0 Å². The Balaban J connectivity index is 4.00. The Kier molecular flexibility index (Phi) is 9.03. The fourth-order valence-corrected chi connectivity index (χ4v) is 1.72. The average molecular weight is 292 g/mol. The monoisotopic (exact) mass is 292 g/mol. The molecule has 2 unspecified atom stereocenters. The molecule has 0 bridgehead atoms. The highest BCUT2D eigenvalue weighted by Gasteiger charge is 2.15. The molecule has 2 atom stereocenters. The van der Waals surface area contributed by atoms with Crippen LogP contribution in [0.5, 0.6) is 0 Å². The summed E-state index contributed by atoms with van der Waals surface area (Å²) < 4.78 is 14.7. The van der Waals surface area contributed by atoms with Crippen LogP contribution in [0.25, 0.3) is 0 Å². The Morgan fingerprint density at radius 2 is 1.53 bits per heavy atom. The van der Waals surface area contributed by atoms with Gasteiger partial charge in [-0.2, -0.15) is 0 Å². The zero-order chi connectivity index (χ0) is 14.8. The van der Waals surface area contributed by atoms with Crippen LogP contribution < -0.4 is 0 Å². The molecule has 0 saturated carbocycles. The number of rotatable bonds is 8. The van der Waals surface area contributed by atoms with Gasteiger partial charge in [0.25, 0.3) is 0 Å². The second-order valence-corrected chi connectivity index (χ2v) is 4.60. The molecule has 0 aromatic rings. The van der Waals surface area contributed by atoms with Gasteiger partial charge in [0, 0.05) is 20.8 Å². The lowest BCUT2D eigenvalue weighted by Gasteiger charge is -2.17. The molecule has 0 heterocycles. The Bertz CT molecular complexity index is 317. The minimum Gasteiger partial charge on any atom is -0.462 e. The van der Waals surface area contributed by atoms with Crippen molar-refractivity contribution in [1.82, 2.24) is 0 Å². The molecule has 0 N–H and O–H groups in total. The van der Waals surface area contributed by atoms with E-state index in [0.29, 0.717) is 19.3 Å². The molecule has 0 saturated heterocycles. The van der Waals surface area contributed by atoms with E-state index >= 15 is 0 Å². The Morgan fingerprint density at radius 1 is 0.947 bits per heavy atom. The lowest BCUT2D eigenvalue weighted by atomic mass is 10.1. The topological polar surface area (TPSA) is 78.9 Å². The first kappa shape index (κ1) is 17.8. The van der Waals surface area contributed by atoms with Crippen LogP contribution in [0.2, 0.25) is 0 Å². The molecule has 0 radical (unpaired) electrons. The third kappa shape index (κ3) is 11.6. The van der Waals surface area contributed by atoms with E-state index in [2.05, 4.69) is 12.6 Å². The van der Waals surface area contributed by atoms with Crippen LogP contribution in [0.1, 0.15) is 40.0 Å². The highest BCUT2D eigenvalue weighted by atomic mass is 32.1. The van der Waals surface area contributed by atoms with E-state index in [4.69, 9.17) is 14.2 Å². The number of ether oxygens (including phenoxy) is 3. The summed E-state index contributed by atoms with van der Waals surface area (Å²) in [4.78, 5) is 32.3. The van der Waals surface area contributed by atoms with Gasteiger partial charge in [-0.15, -0.1) is 12.6 Å². The van der Waals surface area contributed by atoms with Gasteiger partial charge in [-0.25, -0.2) is 0 Å². The van der Waals surface area contributed by atoms with Gasteiger partial charge in [0.05, 0.1) is 0 Å². The van der Waals surface area contributed by atoms with Gasteiger partial charge in [0.2, 0.25) is 0 Å². The summed E-state index contributed by atoms with van der Waals surface area (Å²) in [6.45, 7) is 3.92. The summed E-state index contributed by atoms with van der Waals surface area (Å²) in [6, 6.07) is 0. The van der Waals surface area contributed by atoms with Gasteiger partial charge in [-0.1, -0.05) is 0 Å². The molecule has 0 aliphatic heterocycles. The summed E-state index contributed by atoms with van der Waals surface area (Å²) >= 11 is 4.09. The number of esters is 3. The van der Waals surface area contributed by atoms with Crippen LogP contribution in [0.4, 0.5) is 0 Å². The van der Waals surface area contributed by atoms with Crippen LogP contribution in [0.3, 0.4) is 0 Å². The minimum atomic E-state index is -0.487. The van der Waals surface area contributed by atoms with E-state index in [9.17, 15) is 14.4 Å². The van der Waals surface area contributed by atoms with Crippen molar-refractivity contribution in [3.63, 3.8) is 0 Å². The van der Waals surface area contributed by atoms with Gasteiger partial charge in [0.15, 0.2) is 0 Å². The normalized spacial score (nSPS) is 13.3. The molecule has 0 aliphatic rings. The lowest BCUT2D eigenvalue weighted by Crippen LogP contribution is -2.24. The second-order valence-electron chi connectivity index (χ2n) is 4.03. The molecular formula is C12H20O6S. The van der Waals surface area contributed by atoms with Crippen molar-refractivity contribution in [1.29, 1.82) is 0 Å². The standard InChI is InChI=1S/C12H20O6S/c1-8(13)16-7-11(17-9(2)14)5-4-6-12(19)18-10(3)15/h11-12,19H,4-7H2,1-3H3. The number of hydrogen-bond acceptors (Lipinski definition) is 7. The molecule has 0 fully saturated rings. The van der Waals surface area contributed by atoms with Gasteiger partial charge >= 0.3 is 17.9 Å². The third-order valence-electron chi connectivity index (χ3n) is 2.08. The Labute approximate surface area is 118 Å². The first-order valence-electron chi connectivity index (χ1n) is 5.97. The summed E-state index contributed by atoms with van der Waals surface area (Å²) in [7, 11) is 0. The smallest absolute Gasteiger partial charge is 0.303 e. The molecule has 0 aliphatic carbocycles. The fourth-order valence-electron chi connectivity index (χ4n) is 1.39. The van der Waals surface area contributed by atoms with Crippen molar-refractivity contribution in [2.24, 2.45) is 0 Å². The number of carbonyl (C=O) groups is 3. The maximum absolute atomic E-state index is 10.9. The predicted octanol–water partition coefficient (Wildman–Crippen LogP) is 1.47. The van der Waals surface area contributed by atoms with E-state index in [1.807, 2.05) is 0 Å². The Hall–Kier alpha value is -1.24. The molecule has 7 heteroatoms. The number of carbonyl (C=O) groups excluding carboxylic acids is 3. The van der Waals surface area contributed by atoms with Gasteiger partial charge in [0.1, 0.15) is 18.1 Å². The van der Waals surface area contributed by atoms with Crippen molar-refractivity contribution in [2.45, 2.75) is 51.6 Å². The largest absolute Gasteiger partial charge is 0.462 e. The maximum Gasteiger partial charge on any atom is 0.303 e. The molecule has 0 aromatic heterocycles. The number of hydrogen-bond donors (Lipinski definition) is 1. The van der Waals surface area contributed by atoms with E-state index in [-0.39, 0.29) is 6.61 Å². The molecule has 19 heavy (non-hydrogen) atoms. The zero-order valence-corrected chi connectivity index (χ0v) is 12.3. The molecule has 0 aromatic carbocycles. The van der Waals surface area contributed by atoms with E-state index < -0.39 is 29.4 Å². The first-order chi connectivity index (χ1) is 8.81. The van der Waals surface area contributed by atoms with Crippen LogP contribution in [0.15, 0.2) is 0 Å². The van der Waals surface area contributed by atoms with Crippen molar-refractivity contribution < 1.29 is 28.6 Å². The van der Waals surface area contributed by atoms with Gasteiger partial charge < -0.3 is 14.2 Å². The lowest BCUT2D eigenvalue weighted by molar-refractivity contribution is -0.156. The fraction of sp³-hybridized carbons (Fsp3) is 0.750. The molecule has 0 amide bonds. The van der Waals surface area contributed by atoms with Gasteiger partial charge in [-0.05, 0) is 19.3 Å². The third-order valence-corrected chi connectivity index (χ3v) is 2.45. The molecule has 6 nitrogen and oxygen atoms in total. The maximum atomic E-state index is 10.9. The van der Waals surface area contributed by atoms with Crippen LogP contribution in [-0.4, -0.2) is 36.1 Å². The minimum absolute atomic E-state index is 0.0275. The van der Waals surface area contributed by atoms with Crippen molar-refractivity contribution in [3.05, 3.63) is 0 Å². The molecule has 0 spiro atoms. The summed E-state index contributed by atoms with van der Waals surface area (Å²) in [5.41, 5.74) is -0.482. The summed E-state index contributed by atoms with van der Waals surface area (Å²) in [5.74, 6) is -1.25. The Morgan fingerprint density at radius 3 is 2.00 bits per heavy atom. The quantitative estimate of drug-likeness (QED) is 0.316. The van der Waals surface area contributed by atoms with Crippen LogP contribution >= 0.6 is 12.6 Å². The van der Waals surface area contributed by atoms with Crippen LogP contribution in [-0.2, 0) is 28.6 Å².